The molecular weight excluding hydrogens is 348 g/mol. The zero-order chi connectivity index (χ0) is 20.8. The van der Waals surface area contributed by atoms with Gasteiger partial charge in [0.05, 0.1) is 0 Å². The molecule has 154 valence electrons. The lowest BCUT2D eigenvalue weighted by atomic mass is 9.70. The van der Waals surface area contributed by atoms with Crippen LogP contribution in [0.3, 0.4) is 0 Å². The smallest absolute Gasteiger partial charge is 0.00435 e. The molecular formula is C29H38. The lowest BCUT2D eigenvalue weighted by Gasteiger charge is -2.34. The second-order valence-corrected chi connectivity index (χ2v) is 10.2. The summed E-state index contributed by atoms with van der Waals surface area (Å²) in [6, 6.07) is 16.3. The molecule has 0 aromatic heterocycles. The number of hydrogen-bond acceptors (Lipinski definition) is 0. The molecule has 0 aliphatic heterocycles. The van der Waals surface area contributed by atoms with E-state index in [-0.39, 0.29) is 0 Å². The van der Waals surface area contributed by atoms with E-state index in [2.05, 4.69) is 84.0 Å². The van der Waals surface area contributed by atoms with Gasteiger partial charge in [-0.3, -0.25) is 0 Å². The quantitative estimate of drug-likeness (QED) is 0.372. The molecule has 3 aromatic carbocycles. The van der Waals surface area contributed by atoms with Crippen molar-refractivity contribution < 1.29 is 0 Å². The number of rotatable bonds is 6. The summed E-state index contributed by atoms with van der Waals surface area (Å²) in [7, 11) is 0. The molecule has 0 fully saturated rings. The molecule has 0 bridgehead atoms. The van der Waals surface area contributed by atoms with E-state index in [1.807, 2.05) is 0 Å². The van der Waals surface area contributed by atoms with Gasteiger partial charge in [0, 0.05) is 0 Å². The van der Waals surface area contributed by atoms with Crippen LogP contribution in [0.1, 0.15) is 77.0 Å². The van der Waals surface area contributed by atoms with Crippen molar-refractivity contribution in [3.8, 4) is 0 Å². The van der Waals surface area contributed by atoms with Crippen LogP contribution in [-0.4, -0.2) is 0 Å². The molecule has 0 saturated heterocycles. The molecule has 0 N–H and O–H groups in total. The molecule has 0 unspecified atom stereocenters. The van der Waals surface area contributed by atoms with Crippen molar-refractivity contribution in [2.75, 3.05) is 0 Å². The van der Waals surface area contributed by atoms with E-state index < -0.39 is 0 Å². The van der Waals surface area contributed by atoms with Gasteiger partial charge >= 0.3 is 0 Å². The van der Waals surface area contributed by atoms with Crippen molar-refractivity contribution in [2.24, 2.45) is 17.8 Å². The first-order valence-corrected chi connectivity index (χ1v) is 11.8. The van der Waals surface area contributed by atoms with Gasteiger partial charge in [-0.25, -0.2) is 0 Å². The van der Waals surface area contributed by atoms with Gasteiger partial charge in [-0.05, 0) is 94.0 Å². The summed E-state index contributed by atoms with van der Waals surface area (Å²) in [5.41, 5.74) is 4.96. The summed E-state index contributed by atoms with van der Waals surface area (Å²) < 4.78 is 0. The molecule has 1 aliphatic carbocycles. The molecule has 1 aliphatic rings. The summed E-state index contributed by atoms with van der Waals surface area (Å²) >= 11 is 0. The molecule has 3 aromatic rings. The second kappa shape index (κ2) is 7.78. The molecule has 0 nitrogen and oxygen atoms in total. The molecule has 3 atom stereocenters. The van der Waals surface area contributed by atoms with E-state index in [1.165, 1.54) is 59.2 Å². The van der Waals surface area contributed by atoms with E-state index >= 15 is 0 Å². The van der Waals surface area contributed by atoms with Gasteiger partial charge in [-0.1, -0.05) is 83.5 Å². The number of benzene rings is 3. The monoisotopic (exact) mass is 386 g/mol. The Labute approximate surface area is 177 Å². The van der Waals surface area contributed by atoms with Gasteiger partial charge in [0.2, 0.25) is 0 Å². The Hall–Kier alpha value is -1.82. The standard InChI is InChI=1S/C29H38/c1-7-22(19(2)3)12-11-21(5)29(6)18-17-25-24-14-13-23-10-8-9-20(4)28(23)26(24)15-16-27(25)29/h8-10,13-16,19,21-22H,7,11-12,17-18H2,1-6H3/t21-,22-,29-/m1/s1. The highest BCUT2D eigenvalue weighted by molar-refractivity contribution is 6.10. The molecule has 0 radical (unpaired) electrons. The normalized spacial score (nSPS) is 21.1. The average Bonchev–Trinajstić information content (AvgIpc) is 3.06. The van der Waals surface area contributed by atoms with E-state index in [4.69, 9.17) is 0 Å². The predicted molar refractivity (Wildman–Crippen MR) is 129 cm³/mol. The summed E-state index contributed by atoms with van der Waals surface area (Å²) in [6.45, 7) is 14.4. The maximum Gasteiger partial charge on any atom is -0.00435 e. The van der Waals surface area contributed by atoms with Crippen LogP contribution in [0.15, 0.2) is 42.5 Å². The van der Waals surface area contributed by atoms with E-state index in [9.17, 15) is 0 Å². The summed E-state index contributed by atoms with van der Waals surface area (Å²) in [5, 5.41) is 5.75. The van der Waals surface area contributed by atoms with Gasteiger partial charge in [0.15, 0.2) is 0 Å². The van der Waals surface area contributed by atoms with E-state index in [1.54, 1.807) is 11.1 Å². The fraction of sp³-hybridized carbons (Fsp3) is 0.517. The molecule has 0 amide bonds. The first-order chi connectivity index (χ1) is 13.9. The van der Waals surface area contributed by atoms with Crippen LogP contribution in [0.4, 0.5) is 0 Å². The van der Waals surface area contributed by atoms with Crippen LogP contribution < -0.4 is 0 Å². The van der Waals surface area contributed by atoms with Crippen molar-refractivity contribution in [1.82, 2.24) is 0 Å². The minimum absolute atomic E-state index is 0.319. The topological polar surface area (TPSA) is 0 Å². The lowest BCUT2D eigenvalue weighted by Crippen LogP contribution is -2.28. The zero-order valence-electron chi connectivity index (χ0n) is 19.3. The lowest BCUT2D eigenvalue weighted by molar-refractivity contribution is 0.249. The molecule has 4 rings (SSSR count). The number of aryl methyl sites for hydroxylation is 2. The van der Waals surface area contributed by atoms with Crippen molar-refractivity contribution in [1.29, 1.82) is 0 Å². The van der Waals surface area contributed by atoms with Crippen molar-refractivity contribution in [3.05, 3.63) is 59.2 Å². The summed E-state index contributed by atoms with van der Waals surface area (Å²) in [4.78, 5) is 0. The molecule has 0 saturated carbocycles. The highest BCUT2D eigenvalue weighted by atomic mass is 14.4. The average molecular weight is 387 g/mol. The highest BCUT2D eigenvalue weighted by Gasteiger charge is 2.39. The van der Waals surface area contributed by atoms with Crippen LogP contribution in [0, 0.1) is 24.7 Å². The van der Waals surface area contributed by atoms with Crippen molar-refractivity contribution in [3.63, 3.8) is 0 Å². The summed E-state index contributed by atoms with van der Waals surface area (Å²) in [6.07, 6.45) is 6.56. The Morgan fingerprint density at radius 3 is 2.41 bits per heavy atom. The predicted octanol–water partition coefficient (Wildman–Crippen LogP) is 8.60. The van der Waals surface area contributed by atoms with Crippen molar-refractivity contribution >= 4 is 21.5 Å². The largest absolute Gasteiger partial charge is 0.0651 e. The first kappa shape index (κ1) is 20.5. The fourth-order valence-electron chi connectivity index (χ4n) is 6.07. The zero-order valence-corrected chi connectivity index (χ0v) is 19.3. The SMILES string of the molecule is CC[C@H](CC[C@@H](C)[C@@]1(C)CCc2c1ccc1c2ccc2cccc(C)c21)C(C)C. The Bertz CT molecular complexity index is 1030. The van der Waals surface area contributed by atoms with Gasteiger partial charge in [-0.15, -0.1) is 0 Å². The van der Waals surface area contributed by atoms with Crippen LogP contribution in [0.5, 0.6) is 0 Å². The second-order valence-electron chi connectivity index (χ2n) is 10.2. The number of fused-ring (bicyclic) bond motifs is 5. The van der Waals surface area contributed by atoms with Crippen LogP contribution in [0.25, 0.3) is 21.5 Å². The van der Waals surface area contributed by atoms with Crippen LogP contribution in [0.2, 0.25) is 0 Å². The highest BCUT2D eigenvalue weighted by Crippen LogP contribution is 2.48. The Balaban J connectivity index is 1.71. The maximum absolute atomic E-state index is 2.54. The number of hydrogen-bond donors (Lipinski definition) is 0. The van der Waals surface area contributed by atoms with Gasteiger partial charge < -0.3 is 0 Å². The molecule has 0 heterocycles. The van der Waals surface area contributed by atoms with Crippen LogP contribution >= 0.6 is 0 Å². The third-order valence-electron chi connectivity index (χ3n) is 8.40. The maximum atomic E-state index is 2.54. The minimum atomic E-state index is 0.319. The third kappa shape index (κ3) is 3.39. The Morgan fingerprint density at radius 2 is 1.69 bits per heavy atom. The minimum Gasteiger partial charge on any atom is -0.0651 e. The van der Waals surface area contributed by atoms with E-state index in [0.29, 0.717) is 5.41 Å². The molecule has 0 spiro atoms. The van der Waals surface area contributed by atoms with Gasteiger partial charge in [0.25, 0.3) is 0 Å². The van der Waals surface area contributed by atoms with E-state index in [0.717, 1.165) is 17.8 Å². The third-order valence-corrected chi connectivity index (χ3v) is 8.40. The molecule has 0 heteroatoms. The van der Waals surface area contributed by atoms with Crippen LogP contribution in [-0.2, 0) is 11.8 Å². The van der Waals surface area contributed by atoms with Gasteiger partial charge in [0.1, 0.15) is 0 Å². The molecule has 29 heavy (non-hydrogen) atoms. The Kier molecular flexibility index (Phi) is 5.49. The summed E-state index contributed by atoms with van der Waals surface area (Å²) in [5.74, 6) is 2.40. The fourth-order valence-corrected chi connectivity index (χ4v) is 6.07. The first-order valence-electron chi connectivity index (χ1n) is 11.8. The van der Waals surface area contributed by atoms with Gasteiger partial charge in [-0.2, -0.15) is 0 Å². The van der Waals surface area contributed by atoms with Crippen molar-refractivity contribution in [2.45, 2.75) is 79.1 Å². The Morgan fingerprint density at radius 1 is 0.931 bits per heavy atom.